The van der Waals surface area contributed by atoms with E-state index in [9.17, 15) is 14.9 Å². The van der Waals surface area contributed by atoms with Gasteiger partial charge in [0, 0.05) is 12.2 Å². The number of hydrogen-bond donors (Lipinski definition) is 0. The molecule has 0 spiro atoms. The molecule has 2 heterocycles. The molecular formula is C14H10N4O3S2. The Hall–Kier alpha value is -2.44. The van der Waals surface area contributed by atoms with Gasteiger partial charge in [-0.15, -0.1) is 16.9 Å². The highest BCUT2D eigenvalue weighted by atomic mass is 32.2. The molecule has 0 saturated carbocycles. The van der Waals surface area contributed by atoms with Crippen molar-refractivity contribution in [3.63, 3.8) is 0 Å². The first kappa shape index (κ1) is 15.5. The molecule has 3 rings (SSSR count). The molecule has 9 heteroatoms. The number of ether oxygens (including phenoxy) is 1. The lowest BCUT2D eigenvalue weighted by molar-refractivity contribution is -0.135. The number of methoxy groups -OCH3 is 1. The molecule has 1 aliphatic rings. The molecule has 23 heavy (non-hydrogen) atoms. The van der Waals surface area contributed by atoms with Crippen molar-refractivity contribution < 1.29 is 14.3 Å². The van der Waals surface area contributed by atoms with E-state index in [1.54, 1.807) is 12.1 Å². The Bertz CT molecular complexity index is 868. The van der Waals surface area contributed by atoms with Crippen LogP contribution in [-0.4, -0.2) is 34.3 Å². The lowest BCUT2D eigenvalue weighted by Crippen LogP contribution is -2.34. The van der Waals surface area contributed by atoms with Crippen LogP contribution in [-0.2, 0) is 14.3 Å². The van der Waals surface area contributed by atoms with E-state index < -0.39 is 5.97 Å². The third kappa shape index (κ3) is 2.78. The van der Waals surface area contributed by atoms with Gasteiger partial charge in [-0.3, -0.25) is 9.69 Å². The van der Waals surface area contributed by atoms with Crippen LogP contribution in [0, 0.1) is 11.3 Å². The summed E-state index contributed by atoms with van der Waals surface area (Å²) in [6.07, 6.45) is 0.321. The second-order valence-electron chi connectivity index (χ2n) is 4.54. The number of thioether (sulfide) groups is 1. The van der Waals surface area contributed by atoms with Crippen LogP contribution in [0.15, 0.2) is 28.8 Å². The quantitative estimate of drug-likeness (QED) is 0.466. The molecule has 0 radical (unpaired) electrons. The van der Waals surface area contributed by atoms with E-state index in [0.29, 0.717) is 23.4 Å². The van der Waals surface area contributed by atoms with Gasteiger partial charge in [0.25, 0.3) is 0 Å². The van der Waals surface area contributed by atoms with E-state index in [0.717, 1.165) is 4.70 Å². The van der Waals surface area contributed by atoms with E-state index in [4.69, 9.17) is 0 Å². The summed E-state index contributed by atoms with van der Waals surface area (Å²) < 4.78 is 9.40. The summed E-state index contributed by atoms with van der Waals surface area (Å²) in [7, 11) is 1.20. The number of hydrogen-bond acceptors (Lipinski definition) is 8. The molecule has 1 saturated heterocycles. The third-order valence-corrected chi connectivity index (χ3v) is 4.98. The zero-order valence-corrected chi connectivity index (χ0v) is 13.6. The van der Waals surface area contributed by atoms with E-state index in [1.807, 2.05) is 12.1 Å². The van der Waals surface area contributed by atoms with Crippen LogP contribution in [0.1, 0.15) is 6.42 Å². The number of carbonyl (C=O) groups is 2. The van der Waals surface area contributed by atoms with Crippen molar-refractivity contribution in [2.24, 2.45) is 0 Å². The Kier molecular flexibility index (Phi) is 4.27. The Balaban J connectivity index is 2.15. The van der Waals surface area contributed by atoms with Crippen molar-refractivity contribution in [2.75, 3.05) is 17.8 Å². The first-order chi connectivity index (χ1) is 11.2. The number of nitriles is 1. The monoisotopic (exact) mass is 346 g/mol. The summed E-state index contributed by atoms with van der Waals surface area (Å²) in [5.41, 5.74) is 1.03. The van der Waals surface area contributed by atoms with Gasteiger partial charge in [0.1, 0.15) is 16.6 Å². The highest BCUT2D eigenvalue weighted by Gasteiger charge is 2.31. The van der Waals surface area contributed by atoms with Gasteiger partial charge >= 0.3 is 5.97 Å². The maximum Gasteiger partial charge on any atom is 0.351 e. The highest BCUT2D eigenvalue weighted by molar-refractivity contribution is 8.03. The Labute approximate surface area is 139 Å². The van der Waals surface area contributed by atoms with E-state index in [1.165, 1.54) is 35.3 Å². The summed E-state index contributed by atoms with van der Waals surface area (Å²) in [6, 6.07) is 7.11. The molecule has 1 fully saturated rings. The summed E-state index contributed by atoms with van der Waals surface area (Å²) in [4.78, 5) is 25.6. The molecule has 0 bridgehead atoms. The van der Waals surface area contributed by atoms with E-state index in [-0.39, 0.29) is 16.5 Å². The summed E-state index contributed by atoms with van der Waals surface area (Å²) >= 11 is 2.54. The fourth-order valence-corrected chi connectivity index (χ4v) is 3.78. The number of rotatable bonds is 2. The number of carbonyl (C=O) groups excluding carboxylic acids is 2. The molecule has 0 aliphatic carbocycles. The third-order valence-electron chi connectivity index (χ3n) is 3.21. The molecule has 2 aromatic rings. The average molecular weight is 346 g/mol. The topological polar surface area (TPSA) is 96.2 Å². The Morgan fingerprint density at radius 1 is 1.48 bits per heavy atom. The molecule has 1 aromatic carbocycles. The maximum absolute atomic E-state index is 12.4. The van der Waals surface area contributed by atoms with Crippen molar-refractivity contribution in [2.45, 2.75) is 6.42 Å². The van der Waals surface area contributed by atoms with Gasteiger partial charge in [-0.2, -0.15) is 5.26 Å². The molecule has 0 N–H and O–H groups in total. The molecule has 0 unspecified atom stereocenters. The van der Waals surface area contributed by atoms with Crippen molar-refractivity contribution in [3.05, 3.63) is 28.8 Å². The minimum atomic E-state index is -0.758. The average Bonchev–Trinajstić information content (AvgIpc) is 3.03. The van der Waals surface area contributed by atoms with E-state index in [2.05, 4.69) is 14.3 Å². The first-order valence-electron chi connectivity index (χ1n) is 6.56. The predicted molar refractivity (Wildman–Crippen MR) is 86.6 cm³/mol. The van der Waals surface area contributed by atoms with Gasteiger partial charge in [-0.25, -0.2) is 4.79 Å². The van der Waals surface area contributed by atoms with Crippen molar-refractivity contribution in [1.82, 2.24) is 9.59 Å². The number of fused-ring (bicyclic) bond motifs is 1. The van der Waals surface area contributed by atoms with Crippen molar-refractivity contribution in [3.8, 4) is 6.07 Å². The van der Waals surface area contributed by atoms with Gasteiger partial charge in [0.05, 0.1) is 17.5 Å². The van der Waals surface area contributed by atoms with Crippen LogP contribution in [0.4, 0.5) is 5.69 Å². The SMILES string of the molecule is COC(=O)/C(C#N)=C1\SCCC(=O)N1c1ccc2snnc2c1. The smallest absolute Gasteiger partial charge is 0.351 e. The van der Waals surface area contributed by atoms with Gasteiger partial charge in [0.2, 0.25) is 5.91 Å². The summed E-state index contributed by atoms with van der Waals surface area (Å²) in [5.74, 6) is -0.433. The first-order valence-corrected chi connectivity index (χ1v) is 8.32. The lowest BCUT2D eigenvalue weighted by Gasteiger charge is -2.29. The Morgan fingerprint density at radius 3 is 3.04 bits per heavy atom. The second-order valence-corrected chi connectivity index (χ2v) is 6.41. The number of esters is 1. The summed E-state index contributed by atoms with van der Waals surface area (Å²) in [6.45, 7) is 0. The molecule has 116 valence electrons. The minimum absolute atomic E-state index is 0.179. The minimum Gasteiger partial charge on any atom is -0.465 e. The number of amides is 1. The zero-order chi connectivity index (χ0) is 16.4. The number of anilines is 1. The fraction of sp³-hybridized carbons (Fsp3) is 0.214. The molecule has 0 atom stereocenters. The van der Waals surface area contributed by atoms with Gasteiger partial charge in [0.15, 0.2) is 5.57 Å². The Morgan fingerprint density at radius 2 is 2.30 bits per heavy atom. The molecule has 1 amide bonds. The van der Waals surface area contributed by atoms with Crippen LogP contribution < -0.4 is 4.90 Å². The van der Waals surface area contributed by atoms with Crippen LogP contribution in [0.2, 0.25) is 0 Å². The lowest BCUT2D eigenvalue weighted by atomic mass is 10.2. The predicted octanol–water partition coefficient (Wildman–Crippen LogP) is 2.07. The molecule has 1 aliphatic heterocycles. The van der Waals surface area contributed by atoms with Gasteiger partial charge in [-0.1, -0.05) is 4.49 Å². The highest BCUT2D eigenvalue weighted by Crippen LogP contribution is 2.36. The standard InChI is InChI=1S/C14H10N4O3S2/c1-21-14(20)9(7-15)13-18(12(19)4-5-22-13)8-2-3-11-10(6-8)16-17-23-11/h2-3,6H,4-5H2,1H3/b13-9-. The second kappa shape index (κ2) is 6.36. The van der Waals surface area contributed by atoms with Crippen molar-refractivity contribution in [1.29, 1.82) is 5.26 Å². The van der Waals surface area contributed by atoms with Gasteiger partial charge in [-0.05, 0) is 29.7 Å². The van der Waals surface area contributed by atoms with Crippen LogP contribution in [0.3, 0.4) is 0 Å². The number of benzene rings is 1. The van der Waals surface area contributed by atoms with Crippen LogP contribution in [0.25, 0.3) is 10.2 Å². The normalized spacial score (nSPS) is 17.0. The zero-order valence-electron chi connectivity index (χ0n) is 12.0. The maximum atomic E-state index is 12.4. The molecule has 7 nitrogen and oxygen atoms in total. The van der Waals surface area contributed by atoms with Crippen LogP contribution in [0.5, 0.6) is 0 Å². The van der Waals surface area contributed by atoms with E-state index >= 15 is 0 Å². The molecule has 1 aromatic heterocycles. The fourth-order valence-electron chi connectivity index (χ4n) is 2.16. The van der Waals surface area contributed by atoms with Crippen molar-refractivity contribution >= 4 is 51.1 Å². The van der Waals surface area contributed by atoms with Crippen LogP contribution >= 0.6 is 23.3 Å². The largest absolute Gasteiger partial charge is 0.465 e. The number of nitrogens with zero attached hydrogens (tertiary/aromatic N) is 4. The number of aromatic nitrogens is 2. The summed E-state index contributed by atoms with van der Waals surface area (Å²) in [5, 5.41) is 13.6. The molecular weight excluding hydrogens is 336 g/mol. The van der Waals surface area contributed by atoms with Gasteiger partial charge < -0.3 is 4.74 Å².